The van der Waals surface area contributed by atoms with Crippen LogP contribution in [0, 0.1) is 6.92 Å². The molecule has 19 heavy (non-hydrogen) atoms. The topological polar surface area (TPSA) is 20.3 Å². The molecule has 0 fully saturated rings. The first-order valence-electron chi connectivity index (χ1n) is 6.27. The summed E-state index contributed by atoms with van der Waals surface area (Å²) in [6, 6.07) is 15.5. The Morgan fingerprint density at radius 3 is 2.42 bits per heavy atom. The second kappa shape index (κ2) is 6.02. The van der Waals surface area contributed by atoms with Crippen LogP contribution in [0.15, 0.2) is 53.0 Å². The maximum absolute atomic E-state index is 12.6. The first-order valence-corrected chi connectivity index (χ1v) is 7.06. The second-order valence-electron chi connectivity index (χ2n) is 4.32. The van der Waals surface area contributed by atoms with E-state index >= 15 is 0 Å². The summed E-state index contributed by atoms with van der Waals surface area (Å²) in [5.41, 5.74) is 2.68. The van der Waals surface area contributed by atoms with Gasteiger partial charge in [-0.1, -0.05) is 30.3 Å². The van der Waals surface area contributed by atoms with Crippen molar-refractivity contribution in [2.45, 2.75) is 13.8 Å². The van der Waals surface area contributed by atoms with Gasteiger partial charge in [0, 0.05) is 16.7 Å². The standard InChI is InChI=1S/C16H16BrNO/c1-3-18(13-9-5-4-6-10-13)16(19)14-11-7-8-12(2)15(14)17/h4-11H,3H2,1-2H3. The Balaban J connectivity index is 2.39. The molecule has 0 saturated heterocycles. The summed E-state index contributed by atoms with van der Waals surface area (Å²) in [5, 5.41) is 0. The summed E-state index contributed by atoms with van der Waals surface area (Å²) >= 11 is 3.50. The Labute approximate surface area is 122 Å². The number of carbonyl (C=O) groups excluding carboxylic acids is 1. The molecule has 0 unspecified atom stereocenters. The van der Waals surface area contributed by atoms with Crippen molar-refractivity contribution in [3.63, 3.8) is 0 Å². The zero-order valence-electron chi connectivity index (χ0n) is 11.1. The zero-order valence-corrected chi connectivity index (χ0v) is 12.6. The molecular weight excluding hydrogens is 302 g/mol. The minimum absolute atomic E-state index is 0.0178. The van der Waals surface area contributed by atoms with Crippen LogP contribution in [0.4, 0.5) is 5.69 Å². The molecular formula is C16H16BrNO. The molecule has 2 aromatic carbocycles. The fourth-order valence-electron chi connectivity index (χ4n) is 2.01. The lowest BCUT2D eigenvalue weighted by Gasteiger charge is -2.22. The first kappa shape index (κ1) is 13.8. The van der Waals surface area contributed by atoms with Gasteiger partial charge in [0.25, 0.3) is 5.91 Å². The van der Waals surface area contributed by atoms with Gasteiger partial charge in [-0.25, -0.2) is 0 Å². The van der Waals surface area contributed by atoms with E-state index in [-0.39, 0.29) is 5.91 Å². The molecule has 0 atom stereocenters. The van der Waals surface area contributed by atoms with E-state index in [2.05, 4.69) is 15.9 Å². The number of rotatable bonds is 3. The van der Waals surface area contributed by atoms with Crippen molar-refractivity contribution in [3.8, 4) is 0 Å². The van der Waals surface area contributed by atoms with Gasteiger partial charge in [-0.3, -0.25) is 4.79 Å². The van der Waals surface area contributed by atoms with E-state index in [1.165, 1.54) is 0 Å². The average Bonchev–Trinajstić information content (AvgIpc) is 2.44. The molecule has 3 heteroatoms. The van der Waals surface area contributed by atoms with Crippen LogP contribution in [0.1, 0.15) is 22.8 Å². The molecule has 2 aromatic rings. The number of hydrogen-bond acceptors (Lipinski definition) is 1. The maximum atomic E-state index is 12.6. The Bertz CT molecular complexity index is 581. The largest absolute Gasteiger partial charge is 0.309 e. The Morgan fingerprint density at radius 1 is 1.11 bits per heavy atom. The summed E-state index contributed by atoms with van der Waals surface area (Å²) in [4.78, 5) is 14.4. The summed E-state index contributed by atoms with van der Waals surface area (Å²) in [7, 11) is 0. The van der Waals surface area contributed by atoms with Crippen LogP contribution in [-0.2, 0) is 0 Å². The molecule has 98 valence electrons. The van der Waals surface area contributed by atoms with E-state index in [1.54, 1.807) is 4.90 Å². The van der Waals surface area contributed by atoms with Crippen molar-refractivity contribution >= 4 is 27.5 Å². The summed E-state index contributed by atoms with van der Waals surface area (Å²) < 4.78 is 0.870. The SMILES string of the molecule is CCN(C(=O)c1cccc(C)c1Br)c1ccccc1. The van der Waals surface area contributed by atoms with Gasteiger partial charge < -0.3 is 4.90 Å². The highest BCUT2D eigenvalue weighted by molar-refractivity contribution is 9.10. The Kier molecular flexibility index (Phi) is 4.38. The van der Waals surface area contributed by atoms with Gasteiger partial charge in [0.15, 0.2) is 0 Å². The van der Waals surface area contributed by atoms with E-state index < -0.39 is 0 Å². The normalized spacial score (nSPS) is 10.3. The number of halogens is 1. The van der Waals surface area contributed by atoms with Crippen molar-refractivity contribution in [3.05, 3.63) is 64.1 Å². The minimum Gasteiger partial charge on any atom is -0.309 e. The molecule has 2 rings (SSSR count). The van der Waals surface area contributed by atoms with Crippen LogP contribution in [0.2, 0.25) is 0 Å². The third kappa shape index (κ3) is 2.87. The molecule has 0 spiro atoms. The molecule has 0 aliphatic carbocycles. The molecule has 0 N–H and O–H groups in total. The molecule has 0 aliphatic rings. The van der Waals surface area contributed by atoms with E-state index in [9.17, 15) is 4.79 Å². The van der Waals surface area contributed by atoms with Crippen LogP contribution in [0.25, 0.3) is 0 Å². The van der Waals surface area contributed by atoms with Gasteiger partial charge in [0.2, 0.25) is 0 Å². The number of para-hydroxylation sites is 1. The number of anilines is 1. The van der Waals surface area contributed by atoms with Crippen molar-refractivity contribution in [2.24, 2.45) is 0 Å². The lowest BCUT2D eigenvalue weighted by atomic mass is 10.1. The molecule has 1 amide bonds. The molecule has 0 heterocycles. The lowest BCUT2D eigenvalue weighted by molar-refractivity contribution is 0.0987. The Morgan fingerprint density at radius 2 is 1.79 bits per heavy atom. The zero-order chi connectivity index (χ0) is 13.8. The summed E-state index contributed by atoms with van der Waals surface area (Å²) in [6.07, 6.45) is 0. The smallest absolute Gasteiger partial charge is 0.259 e. The predicted octanol–water partition coefficient (Wildman–Crippen LogP) is 4.42. The quantitative estimate of drug-likeness (QED) is 0.820. The van der Waals surface area contributed by atoms with Crippen molar-refractivity contribution < 1.29 is 4.79 Å². The van der Waals surface area contributed by atoms with E-state index in [0.717, 1.165) is 15.7 Å². The van der Waals surface area contributed by atoms with Crippen LogP contribution >= 0.6 is 15.9 Å². The average molecular weight is 318 g/mol. The number of hydrogen-bond donors (Lipinski definition) is 0. The van der Waals surface area contributed by atoms with Crippen molar-refractivity contribution in [2.75, 3.05) is 11.4 Å². The van der Waals surface area contributed by atoms with Gasteiger partial charge in [-0.2, -0.15) is 0 Å². The lowest BCUT2D eigenvalue weighted by Crippen LogP contribution is -2.30. The highest BCUT2D eigenvalue weighted by Gasteiger charge is 2.18. The van der Waals surface area contributed by atoms with Crippen LogP contribution < -0.4 is 4.90 Å². The van der Waals surface area contributed by atoms with Crippen LogP contribution in [-0.4, -0.2) is 12.5 Å². The van der Waals surface area contributed by atoms with E-state index in [4.69, 9.17) is 0 Å². The highest BCUT2D eigenvalue weighted by atomic mass is 79.9. The monoisotopic (exact) mass is 317 g/mol. The fourth-order valence-corrected chi connectivity index (χ4v) is 2.44. The molecule has 0 radical (unpaired) electrons. The number of aryl methyl sites for hydroxylation is 1. The molecule has 2 nitrogen and oxygen atoms in total. The third-order valence-corrected chi connectivity index (χ3v) is 4.10. The molecule has 0 aromatic heterocycles. The molecule has 0 saturated carbocycles. The van der Waals surface area contributed by atoms with Crippen molar-refractivity contribution in [1.29, 1.82) is 0 Å². The van der Waals surface area contributed by atoms with E-state index in [1.807, 2.05) is 62.4 Å². The maximum Gasteiger partial charge on any atom is 0.259 e. The third-order valence-electron chi connectivity index (χ3n) is 3.05. The number of nitrogens with zero attached hydrogens (tertiary/aromatic N) is 1. The second-order valence-corrected chi connectivity index (χ2v) is 5.11. The van der Waals surface area contributed by atoms with Gasteiger partial charge in [0.1, 0.15) is 0 Å². The van der Waals surface area contributed by atoms with Crippen molar-refractivity contribution in [1.82, 2.24) is 0 Å². The first-order chi connectivity index (χ1) is 9.15. The fraction of sp³-hybridized carbons (Fsp3) is 0.188. The Hall–Kier alpha value is -1.61. The predicted molar refractivity (Wildman–Crippen MR) is 82.7 cm³/mol. The summed E-state index contributed by atoms with van der Waals surface area (Å²) in [5.74, 6) is 0.0178. The summed E-state index contributed by atoms with van der Waals surface area (Å²) in [6.45, 7) is 4.61. The number of carbonyl (C=O) groups is 1. The van der Waals surface area contributed by atoms with Gasteiger partial charge >= 0.3 is 0 Å². The van der Waals surface area contributed by atoms with Gasteiger partial charge in [-0.15, -0.1) is 0 Å². The highest BCUT2D eigenvalue weighted by Crippen LogP contribution is 2.24. The van der Waals surface area contributed by atoms with Gasteiger partial charge in [0.05, 0.1) is 5.56 Å². The molecule has 0 aliphatic heterocycles. The van der Waals surface area contributed by atoms with Gasteiger partial charge in [-0.05, 0) is 53.5 Å². The van der Waals surface area contributed by atoms with Crippen LogP contribution in [0.3, 0.4) is 0 Å². The molecule has 0 bridgehead atoms. The number of benzene rings is 2. The van der Waals surface area contributed by atoms with E-state index in [0.29, 0.717) is 12.1 Å². The number of amides is 1. The minimum atomic E-state index is 0.0178. The van der Waals surface area contributed by atoms with Crippen LogP contribution in [0.5, 0.6) is 0 Å².